The Kier molecular flexibility index (Phi) is 3.21. The minimum atomic E-state index is -0.171. The van der Waals surface area contributed by atoms with E-state index in [-0.39, 0.29) is 6.61 Å². The van der Waals surface area contributed by atoms with Gasteiger partial charge in [-0.05, 0) is 18.2 Å². The maximum Gasteiger partial charge on any atom is 0.163 e. The SMILES string of the molecule is COc1ccc(Br)cc1-n1cnnc1CO. The summed E-state index contributed by atoms with van der Waals surface area (Å²) in [6.07, 6.45) is 1.54. The van der Waals surface area contributed by atoms with Gasteiger partial charge < -0.3 is 9.84 Å². The lowest BCUT2D eigenvalue weighted by Gasteiger charge is -2.10. The number of aliphatic hydroxyl groups excluding tert-OH is 1. The number of aliphatic hydroxyl groups is 1. The third-order valence-corrected chi connectivity index (χ3v) is 2.65. The highest BCUT2D eigenvalue weighted by Crippen LogP contribution is 2.27. The van der Waals surface area contributed by atoms with Crippen molar-refractivity contribution in [2.24, 2.45) is 0 Å². The average Bonchev–Trinajstić information content (AvgIpc) is 2.76. The fraction of sp³-hybridized carbons (Fsp3) is 0.200. The van der Waals surface area contributed by atoms with Crippen LogP contribution in [0.4, 0.5) is 0 Å². The Morgan fingerprint density at radius 2 is 2.31 bits per heavy atom. The van der Waals surface area contributed by atoms with Crippen LogP contribution >= 0.6 is 15.9 Å². The highest BCUT2D eigenvalue weighted by atomic mass is 79.9. The molecule has 84 valence electrons. The smallest absolute Gasteiger partial charge is 0.163 e. The Labute approximate surface area is 101 Å². The van der Waals surface area contributed by atoms with E-state index in [1.165, 1.54) is 6.33 Å². The van der Waals surface area contributed by atoms with Crippen molar-refractivity contribution in [2.45, 2.75) is 6.61 Å². The number of hydrogen-bond acceptors (Lipinski definition) is 4. The van der Waals surface area contributed by atoms with Crippen LogP contribution < -0.4 is 4.74 Å². The van der Waals surface area contributed by atoms with Crippen LogP contribution in [0.3, 0.4) is 0 Å². The number of aromatic nitrogens is 3. The van der Waals surface area contributed by atoms with Crippen molar-refractivity contribution in [3.8, 4) is 11.4 Å². The Morgan fingerprint density at radius 1 is 1.50 bits per heavy atom. The zero-order valence-corrected chi connectivity index (χ0v) is 10.2. The highest BCUT2D eigenvalue weighted by molar-refractivity contribution is 9.10. The summed E-state index contributed by atoms with van der Waals surface area (Å²) >= 11 is 3.39. The Bertz CT molecular complexity index is 499. The standard InChI is InChI=1S/C10H10BrN3O2/c1-16-9-3-2-7(11)4-8(9)14-6-12-13-10(14)5-15/h2-4,6,15H,5H2,1H3. The second-order valence-electron chi connectivity index (χ2n) is 3.09. The molecule has 6 heteroatoms. The van der Waals surface area contributed by atoms with Crippen LogP contribution in [0.1, 0.15) is 5.82 Å². The van der Waals surface area contributed by atoms with E-state index in [9.17, 15) is 0 Å². The van der Waals surface area contributed by atoms with Crippen LogP contribution in [0.15, 0.2) is 29.0 Å². The van der Waals surface area contributed by atoms with Crippen LogP contribution in [0, 0.1) is 0 Å². The number of ether oxygens (including phenoxy) is 1. The fourth-order valence-corrected chi connectivity index (χ4v) is 1.77. The molecule has 0 radical (unpaired) electrons. The fourth-order valence-electron chi connectivity index (χ4n) is 1.42. The normalized spacial score (nSPS) is 10.4. The van der Waals surface area contributed by atoms with E-state index in [2.05, 4.69) is 26.1 Å². The molecule has 0 atom stereocenters. The van der Waals surface area contributed by atoms with Gasteiger partial charge in [0.15, 0.2) is 5.82 Å². The quantitative estimate of drug-likeness (QED) is 0.928. The van der Waals surface area contributed by atoms with Crippen molar-refractivity contribution in [2.75, 3.05) is 7.11 Å². The molecular formula is C10H10BrN3O2. The predicted molar refractivity (Wildman–Crippen MR) is 61.5 cm³/mol. The van der Waals surface area contributed by atoms with Gasteiger partial charge in [0, 0.05) is 4.47 Å². The van der Waals surface area contributed by atoms with Gasteiger partial charge in [0.05, 0.1) is 12.8 Å². The summed E-state index contributed by atoms with van der Waals surface area (Å²) in [5.74, 6) is 1.16. The van der Waals surface area contributed by atoms with Gasteiger partial charge in [-0.15, -0.1) is 10.2 Å². The molecule has 1 N–H and O–H groups in total. The molecule has 0 bridgehead atoms. The Balaban J connectivity index is 2.58. The van der Waals surface area contributed by atoms with Crippen molar-refractivity contribution >= 4 is 15.9 Å². The molecule has 1 aromatic carbocycles. The van der Waals surface area contributed by atoms with E-state index >= 15 is 0 Å². The molecule has 0 spiro atoms. The van der Waals surface area contributed by atoms with Crippen molar-refractivity contribution in [3.05, 3.63) is 34.8 Å². The molecule has 5 nitrogen and oxygen atoms in total. The molecule has 0 fully saturated rings. The lowest BCUT2D eigenvalue weighted by molar-refractivity contribution is 0.268. The number of benzene rings is 1. The average molecular weight is 284 g/mol. The van der Waals surface area contributed by atoms with Gasteiger partial charge in [-0.25, -0.2) is 0 Å². The molecule has 0 aliphatic carbocycles. The maximum atomic E-state index is 9.13. The first-order valence-electron chi connectivity index (χ1n) is 4.60. The van der Waals surface area contributed by atoms with Gasteiger partial charge in [0.2, 0.25) is 0 Å². The zero-order valence-electron chi connectivity index (χ0n) is 8.59. The minimum Gasteiger partial charge on any atom is -0.495 e. The molecule has 0 saturated carbocycles. The number of hydrogen-bond donors (Lipinski definition) is 1. The summed E-state index contributed by atoms with van der Waals surface area (Å²) in [6.45, 7) is -0.171. The second-order valence-corrected chi connectivity index (χ2v) is 4.01. The number of halogens is 1. The largest absolute Gasteiger partial charge is 0.495 e. The van der Waals surface area contributed by atoms with Gasteiger partial charge in [-0.2, -0.15) is 0 Å². The molecule has 0 aliphatic heterocycles. The summed E-state index contributed by atoms with van der Waals surface area (Å²) in [4.78, 5) is 0. The van der Waals surface area contributed by atoms with Crippen molar-refractivity contribution in [3.63, 3.8) is 0 Å². The lowest BCUT2D eigenvalue weighted by Crippen LogP contribution is -2.02. The van der Waals surface area contributed by atoms with Gasteiger partial charge in [-0.3, -0.25) is 4.57 Å². The molecule has 2 rings (SSSR count). The van der Waals surface area contributed by atoms with E-state index in [1.54, 1.807) is 11.7 Å². The van der Waals surface area contributed by atoms with E-state index < -0.39 is 0 Å². The molecule has 1 aromatic heterocycles. The highest BCUT2D eigenvalue weighted by Gasteiger charge is 2.10. The summed E-state index contributed by atoms with van der Waals surface area (Å²) in [6, 6.07) is 5.59. The third kappa shape index (κ3) is 1.94. The number of nitrogens with zero attached hydrogens (tertiary/aromatic N) is 3. The molecule has 16 heavy (non-hydrogen) atoms. The van der Waals surface area contributed by atoms with Crippen LogP contribution in [0.25, 0.3) is 5.69 Å². The number of methoxy groups -OCH3 is 1. The third-order valence-electron chi connectivity index (χ3n) is 2.16. The molecule has 0 aliphatic rings. The maximum absolute atomic E-state index is 9.13. The van der Waals surface area contributed by atoms with Crippen molar-refractivity contribution in [1.82, 2.24) is 14.8 Å². The lowest BCUT2D eigenvalue weighted by atomic mass is 10.3. The molecular weight excluding hydrogens is 274 g/mol. The summed E-state index contributed by atoms with van der Waals surface area (Å²) in [5.41, 5.74) is 0.783. The van der Waals surface area contributed by atoms with E-state index in [4.69, 9.17) is 9.84 Å². The second kappa shape index (κ2) is 4.63. The summed E-state index contributed by atoms with van der Waals surface area (Å²) < 4.78 is 7.85. The predicted octanol–water partition coefficient (Wildman–Crippen LogP) is 1.53. The van der Waals surface area contributed by atoms with Crippen molar-refractivity contribution in [1.29, 1.82) is 0 Å². The minimum absolute atomic E-state index is 0.171. The van der Waals surface area contributed by atoms with Crippen LogP contribution in [-0.4, -0.2) is 27.0 Å². The van der Waals surface area contributed by atoms with E-state index in [0.717, 1.165) is 10.2 Å². The van der Waals surface area contributed by atoms with Crippen LogP contribution in [0.2, 0.25) is 0 Å². The van der Waals surface area contributed by atoms with Gasteiger partial charge in [0.25, 0.3) is 0 Å². The van der Waals surface area contributed by atoms with Gasteiger partial charge in [0.1, 0.15) is 18.7 Å². The zero-order chi connectivity index (χ0) is 11.5. The van der Waals surface area contributed by atoms with Gasteiger partial charge in [-0.1, -0.05) is 15.9 Å². The first-order valence-corrected chi connectivity index (χ1v) is 5.39. The molecule has 0 unspecified atom stereocenters. The van der Waals surface area contributed by atoms with E-state index in [0.29, 0.717) is 11.6 Å². The monoisotopic (exact) mass is 283 g/mol. The Morgan fingerprint density at radius 3 is 3.00 bits per heavy atom. The molecule has 2 aromatic rings. The Hall–Kier alpha value is -1.40. The topological polar surface area (TPSA) is 60.2 Å². The van der Waals surface area contributed by atoms with Gasteiger partial charge >= 0.3 is 0 Å². The molecule has 0 saturated heterocycles. The summed E-state index contributed by atoms with van der Waals surface area (Å²) in [5, 5.41) is 16.7. The molecule has 0 amide bonds. The summed E-state index contributed by atoms with van der Waals surface area (Å²) in [7, 11) is 1.59. The number of rotatable bonds is 3. The first kappa shape index (κ1) is 11.1. The van der Waals surface area contributed by atoms with E-state index in [1.807, 2.05) is 18.2 Å². The molecule has 1 heterocycles. The van der Waals surface area contributed by atoms with Crippen LogP contribution in [-0.2, 0) is 6.61 Å². The van der Waals surface area contributed by atoms with Crippen molar-refractivity contribution < 1.29 is 9.84 Å². The van der Waals surface area contributed by atoms with Crippen LogP contribution in [0.5, 0.6) is 5.75 Å². The first-order chi connectivity index (χ1) is 7.76.